The average Bonchev–Trinajstić information content (AvgIpc) is 2.15. The lowest BCUT2D eigenvalue weighted by Gasteiger charge is -2.28. The molecule has 0 saturated carbocycles. The lowest BCUT2D eigenvalue weighted by atomic mass is 9.87. The molecule has 1 fully saturated rings. The summed E-state index contributed by atoms with van der Waals surface area (Å²) in [6.45, 7) is 1.93. The van der Waals surface area contributed by atoms with E-state index in [-0.39, 0.29) is 0 Å². The molecule has 1 aliphatic rings. The molecule has 0 aromatic carbocycles. The number of nitrogens with one attached hydrogen (secondary N) is 1. The molecule has 0 aromatic rings. The third kappa shape index (κ3) is 2.96. The molecule has 0 bridgehead atoms. The maximum Gasteiger partial charge on any atom is -0.000879 e. The molecule has 1 heterocycles. The zero-order valence-corrected chi connectivity index (χ0v) is 8.70. The Morgan fingerprint density at radius 3 is 2.67 bits per heavy atom. The summed E-state index contributed by atoms with van der Waals surface area (Å²) in [5, 5.41) is 3.23. The van der Waals surface area contributed by atoms with Crippen LogP contribution in [0.1, 0.15) is 12.8 Å². The molecule has 1 saturated heterocycles. The van der Waals surface area contributed by atoms with Crippen LogP contribution in [0.4, 0.5) is 0 Å². The Morgan fingerprint density at radius 2 is 2.17 bits per heavy atom. The van der Waals surface area contributed by atoms with Gasteiger partial charge in [0.25, 0.3) is 0 Å². The van der Waals surface area contributed by atoms with E-state index in [1.807, 2.05) is 7.05 Å². The number of rotatable bonds is 4. The molecular weight excluding hydrogens is 168 g/mol. The Labute approximate surface area is 79.7 Å². The van der Waals surface area contributed by atoms with E-state index < -0.39 is 0 Å². The molecule has 1 atom stereocenters. The normalized spacial score (nSPS) is 22.5. The van der Waals surface area contributed by atoms with Crippen molar-refractivity contribution in [2.75, 3.05) is 31.6 Å². The van der Waals surface area contributed by atoms with Crippen LogP contribution in [0.15, 0.2) is 0 Å². The summed E-state index contributed by atoms with van der Waals surface area (Å²) >= 11 is 2.08. The Morgan fingerprint density at radius 1 is 1.50 bits per heavy atom. The highest BCUT2D eigenvalue weighted by Gasteiger charge is 2.21. The fraction of sp³-hybridized carbons (Fsp3) is 1.00. The SMILES string of the molecule is CNCC(CN)C1CCSCC1. The first-order valence-electron chi connectivity index (χ1n) is 4.81. The third-order valence-electron chi connectivity index (χ3n) is 2.70. The molecule has 2 nitrogen and oxygen atoms in total. The van der Waals surface area contributed by atoms with Crippen molar-refractivity contribution in [1.29, 1.82) is 0 Å². The minimum atomic E-state index is 0.705. The molecule has 0 amide bonds. The van der Waals surface area contributed by atoms with Gasteiger partial charge in [0.2, 0.25) is 0 Å². The van der Waals surface area contributed by atoms with Crippen LogP contribution in [0.25, 0.3) is 0 Å². The van der Waals surface area contributed by atoms with E-state index in [9.17, 15) is 0 Å². The van der Waals surface area contributed by atoms with Gasteiger partial charge in [0.1, 0.15) is 0 Å². The summed E-state index contributed by atoms with van der Waals surface area (Å²) in [4.78, 5) is 0. The van der Waals surface area contributed by atoms with Crippen molar-refractivity contribution in [3.63, 3.8) is 0 Å². The highest BCUT2D eigenvalue weighted by atomic mass is 32.2. The molecule has 1 rings (SSSR count). The molecule has 0 spiro atoms. The first kappa shape index (κ1) is 10.4. The predicted octanol–water partition coefficient (Wildman–Crippen LogP) is 0.924. The van der Waals surface area contributed by atoms with Gasteiger partial charge in [-0.25, -0.2) is 0 Å². The molecule has 1 unspecified atom stereocenters. The van der Waals surface area contributed by atoms with Crippen LogP contribution in [-0.4, -0.2) is 31.6 Å². The van der Waals surface area contributed by atoms with E-state index in [4.69, 9.17) is 5.73 Å². The molecule has 3 heteroatoms. The summed E-state index contributed by atoms with van der Waals surface area (Å²) in [6, 6.07) is 0. The molecule has 0 radical (unpaired) electrons. The molecule has 3 N–H and O–H groups in total. The Kier molecular flexibility index (Phi) is 5.04. The number of hydrogen-bond acceptors (Lipinski definition) is 3. The van der Waals surface area contributed by atoms with Gasteiger partial charge in [0.05, 0.1) is 0 Å². The second kappa shape index (κ2) is 5.84. The smallest absolute Gasteiger partial charge is 0.000879 e. The number of thioether (sulfide) groups is 1. The van der Waals surface area contributed by atoms with Crippen molar-refractivity contribution in [1.82, 2.24) is 5.32 Å². The molecule has 0 aromatic heterocycles. The van der Waals surface area contributed by atoms with Crippen molar-refractivity contribution in [3.8, 4) is 0 Å². The minimum absolute atomic E-state index is 0.705. The van der Waals surface area contributed by atoms with Gasteiger partial charge in [-0.05, 0) is 56.3 Å². The van der Waals surface area contributed by atoms with Crippen molar-refractivity contribution < 1.29 is 0 Å². The van der Waals surface area contributed by atoms with Crippen molar-refractivity contribution in [3.05, 3.63) is 0 Å². The van der Waals surface area contributed by atoms with Gasteiger partial charge in [-0.1, -0.05) is 0 Å². The Balaban J connectivity index is 2.29. The van der Waals surface area contributed by atoms with Crippen molar-refractivity contribution >= 4 is 11.8 Å². The molecule has 12 heavy (non-hydrogen) atoms. The standard InChI is InChI=1S/C9H20N2S/c1-11-7-9(6-10)8-2-4-12-5-3-8/h8-9,11H,2-7,10H2,1H3. The van der Waals surface area contributed by atoms with Crippen LogP contribution in [-0.2, 0) is 0 Å². The first-order chi connectivity index (χ1) is 5.88. The molecule has 0 aliphatic carbocycles. The summed E-state index contributed by atoms with van der Waals surface area (Å²) in [6.07, 6.45) is 2.74. The Bertz CT molecular complexity index is 110. The largest absolute Gasteiger partial charge is 0.330 e. The quantitative estimate of drug-likeness (QED) is 0.689. The predicted molar refractivity (Wildman–Crippen MR) is 56.5 cm³/mol. The molecule has 72 valence electrons. The van der Waals surface area contributed by atoms with Gasteiger partial charge in [-0.3, -0.25) is 0 Å². The fourth-order valence-corrected chi connectivity index (χ4v) is 3.03. The van der Waals surface area contributed by atoms with Crippen molar-refractivity contribution in [2.24, 2.45) is 17.6 Å². The van der Waals surface area contributed by atoms with Gasteiger partial charge < -0.3 is 11.1 Å². The van der Waals surface area contributed by atoms with Crippen molar-refractivity contribution in [2.45, 2.75) is 12.8 Å². The molecule has 1 aliphatic heterocycles. The van der Waals surface area contributed by atoms with Crippen LogP contribution in [0.2, 0.25) is 0 Å². The zero-order chi connectivity index (χ0) is 8.81. The maximum absolute atomic E-state index is 5.74. The van der Waals surface area contributed by atoms with E-state index in [1.165, 1.54) is 24.3 Å². The summed E-state index contributed by atoms with van der Waals surface area (Å²) in [5.41, 5.74) is 5.74. The number of nitrogens with two attached hydrogens (primary N) is 1. The van der Waals surface area contributed by atoms with Crippen LogP contribution in [0, 0.1) is 11.8 Å². The first-order valence-corrected chi connectivity index (χ1v) is 5.96. The van der Waals surface area contributed by atoms with Crippen LogP contribution < -0.4 is 11.1 Å². The van der Waals surface area contributed by atoms with Crippen LogP contribution >= 0.6 is 11.8 Å². The molecular formula is C9H20N2S. The van der Waals surface area contributed by atoms with Crippen LogP contribution in [0.3, 0.4) is 0 Å². The highest BCUT2D eigenvalue weighted by molar-refractivity contribution is 7.99. The third-order valence-corrected chi connectivity index (χ3v) is 3.75. The zero-order valence-electron chi connectivity index (χ0n) is 7.88. The van der Waals surface area contributed by atoms with E-state index in [0.29, 0.717) is 5.92 Å². The van der Waals surface area contributed by atoms with E-state index in [0.717, 1.165) is 19.0 Å². The van der Waals surface area contributed by atoms with E-state index in [1.54, 1.807) is 0 Å². The topological polar surface area (TPSA) is 38.0 Å². The second-order valence-corrected chi connectivity index (χ2v) is 4.73. The van der Waals surface area contributed by atoms with E-state index >= 15 is 0 Å². The maximum atomic E-state index is 5.74. The minimum Gasteiger partial charge on any atom is -0.330 e. The van der Waals surface area contributed by atoms with Gasteiger partial charge in [-0.2, -0.15) is 11.8 Å². The van der Waals surface area contributed by atoms with Gasteiger partial charge in [0, 0.05) is 0 Å². The monoisotopic (exact) mass is 188 g/mol. The number of hydrogen-bond donors (Lipinski definition) is 2. The summed E-state index contributed by atoms with van der Waals surface area (Å²) in [7, 11) is 2.01. The van der Waals surface area contributed by atoms with Crippen LogP contribution in [0.5, 0.6) is 0 Å². The lowest BCUT2D eigenvalue weighted by molar-refractivity contribution is 0.312. The van der Waals surface area contributed by atoms with Gasteiger partial charge >= 0.3 is 0 Å². The van der Waals surface area contributed by atoms with E-state index in [2.05, 4.69) is 17.1 Å². The van der Waals surface area contributed by atoms with Gasteiger partial charge in [-0.15, -0.1) is 0 Å². The summed E-state index contributed by atoms with van der Waals surface area (Å²) < 4.78 is 0. The highest BCUT2D eigenvalue weighted by Crippen LogP contribution is 2.28. The lowest BCUT2D eigenvalue weighted by Crippen LogP contribution is -2.33. The fourth-order valence-electron chi connectivity index (χ4n) is 1.89. The second-order valence-electron chi connectivity index (χ2n) is 3.50. The Hall–Kier alpha value is 0.270. The van der Waals surface area contributed by atoms with Gasteiger partial charge in [0.15, 0.2) is 0 Å². The average molecular weight is 188 g/mol. The summed E-state index contributed by atoms with van der Waals surface area (Å²) in [5.74, 6) is 4.26.